The number of hydrogen-bond donors (Lipinski definition) is 0. The average Bonchev–Trinajstić information content (AvgIpc) is 2.60. The van der Waals surface area contributed by atoms with Crippen LogP contribution in [0.25, 0.3) is 0 Å². The summed E-state index contributed by atoms with van der Waals surface area (Å²) >= 11 is 0. The fraction of sp³-hybridized carbons (Fsp3) is 0.143. The van der Waals surface area contributed by atoms with Gasteiger partial charge in [-0.15, -0.1) is 19.7 Å². The van der Waals surface area contributed by atoms with Gasteiger partial charge in [-0.05, 0) is 36.4 Å². The zero-order chi connectivity index (χ0) is 16.5. The third-order valence-corrected chi connectivity index (χ3v) is 3.61. The van der Waals surface area contributed by atoms with E-state index in [9.17, 15) is 0 Å². The molecule has 0 radical (unpaired) electrons. The second-order valence-electron chi connectivity index (χ2n) is 5.23. The monoisotopic (exact) mass is 304 g/mol. The van der Waals surface area contributed by atoms with E-state index in [4.69, 9.17) is 0 Å². The molecule has 0 aromatic heterocycles. The van der Waals surface area contributed by atoms with Crippen LogP contribution in [0.3, 0.4) is 0 Å². The minimum Gasteiger partial charge on any atom is -0.364 e. The number of rotatable bonds is 9. The van der Waals surface area contributed by atoms with Crippen LogP contribution in [0.2, 0.25) is 0 Å². The number of nitrogens with zero attached hydrogens (tertiary/aromatic N) is 2. The molecule has 118 valence electrons. The van der Waals surface area contributed by atoms with E-state index in [1.807, 2.05) is 24.3 Å². The minimum atomic E-state index is 0.770. The van der Waals surface area contributed by atoms with E-state index < -0.39 is 0 Å². The van der Waals surface area contributed by atoms with Gasteiger partial charge in [0.1, 0.15) is 0 Å². The predicted octanol–water partition coefficient (Wildman–Crippen LogP) is 5.19. The van der Waals surface area contributed by atoms with Crippen LogP contribution in [0.1, 0.15) is 0 Å². The van der Waals surface area contributed by atoms with E-state index in [0.29, 0.717) is 0 Å². The Morgan fingerprint density at radius 3 is 1.61 bits per heavy atom. The van der Waals surface area contributed by atoms with Crippen molar-refractivity contribution < 1.29 is 0 Å². The second-order valence-corrected chi connectivity index (χ2v) is 5.23. The van der Waals surface area contributed by atoms with Crippen LogP contribution >= 0.6 is 0 Å². The fourth-order valence-corrected chi connectivity index (χ4v) is 2.54. The Hall–Kier alpha value is -2.74. The zero-order valence-electron chi connectivity index (χ0n) is 13.6. The fourth-order valence-electron chi connectivity index (χ4n) is 2.54. The molecule has 0 aliphatic rings. The summed E-state index contributed by atoms with van der Waals surface area (Å²) in [4.78, 5) is 4.46. The van der Waals surface area contributed by atoms with Crippen molar-refractivity contribution in [3.8, 4) is 0 Å². The lowest BCUT2D eigenvalue weighted by Crippen LogP contribution is -2.23. The summed E-state index contributed by atoms with van der Waals surface area (Å²) in [6, 6.07) is 18.9. The Morgan fingerprint density at radius 1 is 0.609 bits per heavy atom. The third-order valence-electron chi connectivity index (χ3n) is 3.61. The van der Waals surface area contributed by atoms with Crippen molar-refractivity contribution in [2.75, 3.05) is 29.4 Å². The number of para-hydroxylation sites is 1. The van der Waals surface area contributed by atoms with Gasteiger partial charge in [0.2, 0.25) is 0 Å². The molecule has 23 heavy (non-hydrogen) atoms. The van der Waals surface area contributed by atoms with Crippen LogP contribution in [0.4, 0.5) is 17.1 Å². The minimum absolute atomic E-state index is 0.770. The molecule has 0 heterocycles. The van der Waals surface area contributed by atoms with Crippen molar-refractivity contribution in [1.82, 2.24) is 0 Å². The van der Waals surface area contributed by atoms with Gasteiger partial charge in [-0.25, -0.2) is 0 Å². The van der Waals surface area contributed by atoms with E-state index in [1.165, 1.54) is 5.69 Å². The van der Waals surface area contributed by atoms with Crippen LogP contribution in [0, 0.1) is 0 Å². The second kappa shape index (κ2) is 8.64. The predicted molar refractivity (Wildman–Crippen MR) is 103 cm³/mol. The molecule has 0 spiro atoms. The lowest BCUT2D eigenvalue weighted by molar-refractivity contribution is 0.956. The summed E-state index contributed by atoms with van der Waals surface area (Å²) in [5.41, 5.74) is 3.48. The maximum absolute atomic E-state index is 3.87. The Bertz CT molecular complexity index is 619. The molecule has 2 nitrogen and oxygen atoms in total. The molecule has 0 unspecified atom stereocenters. The van der Waals surface area contributed by atoms with Crippen molar-refractivity contribution in [2.24, 2.45) is 0 Å². The van der Waals surface area contributed by atoms with Crippen molar-refractivity contribution in [3.63, 3.8) is 0 Å². The Balaban J connectivity index is 2.26. The highest BCUT2D eigenvalue weighted by atomic mass is 15.1. The number of anilines is 3. The van der Waals surface area contributed by atoms with Gasteiger partial charge in [-0.1, -0.05) is 36.4 Å². The lowest BCUT2D eigenvalue weighted by atomic mass is 10.2. The van der Waals surface area contributed by atoms with Gasteiger partial charge in [-0.2, -0.15) is 0 Å². The molecular weight excluding hydrogens is 280 g/mol. The SMILES string of the molecule is C=CCN(CC=C)c1ccc(N(CC=C)c2ccccc2)cc1. The van der Waals surface area contributed by atoms with Crippen molar-refractivity contribution >= 4 is 17.1 Å². The lowest BCUT2D eigenvalue weighted by Gasteiger charge is -2.26. The quantitative estimate of drug-likeness (QED) is 0.588. The van der Waals surface area contributed by atoms with E-state index in [-0.39, 0.29) is 0 Å². The van der Waals surface area contributed by atoms with Gasteiger partial charge in [0, 0.05) is 36.7 Å². The highest BCUT2D eigenvalue weighted by molar-refractivity contribution is 5.66. The van der Waals surface area contributed by atoms with Gasteiger partial charge in [-0.3, -0.25) is 0 Å². The Morgan fingerprint density at radius 2 is 1.09 bits per heavy atom. The van der Waals surface area contributed by atoms with Crippen LogP contribution in [-0.2, 0) is 0 Å². The summed E-state index contributed by atoms with van der Waals surface area (Å²) in [5.74, 6) is 0. The Labute approximate surface area is 139 Å². The van der Waals surface area contributed by atoms with E-state index in [1.54, 1.807) is 0 Å². The smallest absolute Gasteiger partial charge is 0.0415 e. The summed E-state index contributed by atoms with van der Waals surface area (Å²) in [7, 11) is 0. The van der Waals surface area contributed by atoms with Crippen molar-refractivity contribution in [3.05, 3.63) is 92.6 Å². The summed E-state index contributed by atoms with van der Waals surface area (Å²) in [6.45, 7) is 13.9. The molecule has 2 rings (SSSR count). The standard InChI is InChI=1S/C21H24N2/c1-4-16-22(17-5-2)19-12-14-21(15-13-19)23(18-6-3)20-10-8-7-9-11-20/h4-15H,1-3,16-18H2. The van der Waals surface area contributed by atoms with Crippen LogP contribution < -0.4 is 9.80 Å². The molecule has 0 N–H and O–H groups in total. The molecule has 0 fully saturated rings. The molecule has 0 atom stereocenters. The molecule has 0 saturated carbocycles. The summed E-state index contributed by atoms with van der Waals surface area (Å²) in [5, 5.41) is 0. The average molecular weight is 304 g/mol. The van der Waals surface area contributed by atoms with E-state index in [0.717, 1.165) is 31.0 Å². The molecule has 2 aromatic carbocycles. The maximum atomic E-state index is 3.87. The van der Waals surface area contributed by atoms with Gasteiger partial charge < -0.3 is 9.80 Å². The first kappa shape index (κ1) is 16.6. The summed E-state index contributed by atoms with van der Waals surface area (Å²) in [6.07, 6.45) is 5.74. The van der Waals surface area contributed by atoms with Crippen LogP contribution in [-0.4, -0.2) is 19.6 Å². The van der Waals surface area contributed by atoms with E-state index >= 15 is 0 Å². The highest BCUT2D eigenvalue weighted by Gasteiger charge is 2.08. The third kappa shape index (κ3) is 4.36. The Kier molecular flexibility index (Phi) is 6.25. The first-order valence-corrected chi connectivity index (χ1v) is 7.80. The molecular formula is C21H24N2. The summed E-state index contributed by atoms with van der Waals surface area (Å²) < 4.78 is 0. The molecule has 0 aliphatic heterocycles. The number of hydrogen-bond acceptors (Lipinski definition) is 2. The van der Waals surface area contributed by atoms with Gasteiger partial charge in [0.05, 0.1) is 0 Å². The van der Waals surface area contributed by atoms with Crippen LogP contribution in [0.15, 0.2) is 92.6 Å². The molecule has 0 saturated heterocycles. The van der Waals surface area contributed by atoms with Crippen LogP contribution in [0.5, 0.6) is 0 Å². The first-order chi connectivity index (χ1) is 11.3. The first-order valence-electron chi connectivity index (χ1n) is 7.80. The van der Waals surface area contributed by atoms with Crippen molar-refractivity contribution in [1.29, 1.82) is 0 Å². The zero-order valence-corrected chi connectivity index (χ0v) is 13.6. The molecule has 2 aromatic rings. The maximum Gasteiger partial charge on any atom is 0.0415 e. The van der Waals surface area contributed by atoms with Gasteiger partial charge >= 0.3 is 0 Å². The van der Waals surface area contributed by atoms with Gasteiger partial charge in [0.25, 0.3) is 0 Å². The highest BCUT2D eigenvalue weighted by Crippen LogP contribution is 2.27. The molecule has 0 aliphatic carbocycles. The topological polar surface area (TPSA) is 6.48 Å². The molecule has 0 bridgehead atoms. The van der Waals surface area contributed by atoms with E-state index in [2.05, 4.69) is 78.1 Å². The molecule has 0 amide bonds. The normalized spacial score (nSPS) is 9.91. The van der Waals surface area contributed by atoms with Crippen molar-refractivity contribution in [2.45, 2.75) is 0 Å². The largest absolute Gasteiger partial charge is 0.364 e. The number of benzene rings is 2. The van der Waals surface area contributed by atoms with Gasteiger partial charge in [0.15, 0.2) is 0 Å². The molecule has 2 heteroatoms.